The third-order valence-electron chi connectivity index (χ3n) is 4.96. The van der Waals surface area contributed by atoms with Gasteiger partial charge >= 0.3 is 0 Å². The van der Waals surface area contributed by atoms with Crippen LogP contribution in [-0.4, -0.2) is 30.5 Å². The summed E-state index contributed by atoms with van der Waals surface area (Å²) < 4.78 is 12.1. The maximum Gasteiger partial charge on any atom is 0.292 e. The van der Waals surface area contributed by atoms with E-state index in [9.17, 15) is 4.79 Å². The van der Waals surface area contributed by atoms with Gasteiger partial charge in [0.1, 0.15) is 5.02 Å². The van der Waals surface area contributed by atoms with Gasteiger partial charge < -0.3 is 14.4 Å². The number of para-hydroxylation sites is 1. The van der Waals surface area contributed by atoms with Crippen molar-refractivity contribution >= 4 is 17.3 Å². The summed E-state index contributed by atoms with van der Waals surface area (Å²) in [4.78, 5) is 14.8. The second-order valence-corrected chi connectivity index (χ2v) is 6.92. The van der Waals surface area contributed by atoms with E-state index in [0.29, 0.717) is 23.7 Å². The second-order valence-electron chi connectivity index (χ2n) is 6.54. The summed E-state index contributed by atoms with van der Waals surface area (Å²) >= 11 is 6.46. The van der Waals surface area contributed by atoms with Crippen LogP contribution < -0.4 is 19.9 Å². The van der Waals surface area contributed by atoms with E-state index in [1.807, 2.05) is 42.5 Å². The van der Waals surface area contributed by atoms with Crippen LogP contribution in [0.25, 0.3) is 5.69 Å². The molecular weight excluding hydrogens is 378 g/mol. The van der Waals surface area contributed by atoms with Gasteiger partial charge in [0.2, 0.25) is 0 Å². The number of halogens is 1. The smallest absolute Gasteiger partial charge is 0.292 e. The molecule has 0 saturated carbocycles. The number of fused-ring (bicyclic) bond motifs is 1. The van der Waals surface area contributed by atoms with Crippen LogP contribution in [0.15, 0.2) is 53.5 Å². The third kappa shape index (κ3) is 3.20. The van der Waals surface area contributed by atoms with Crippen molar-refractivity contribution in [3.63, 3.8) is 0 Å². The molecule has 1 aliphatic rings. The minimum Gasteiger partial charge on any atom is -0.493 e. The largest absolute Gasteiger partial charge is 0.493 e. The van der Waals surface area contributed by atoms with Gasteiger partial charge in [0.25, 0.3) is 5.56 Å². The molecule has 7 heteroatoms. The van der Waals surface area contributed by atoms with Gasteiger partial charge in [-0.05, 0) is 41.8 Å². The molecule has 28 heavy (non-hydrogen) atoms. The van der Waals surface area contributed by atoms with E-state index in [-0.39, 0.29) is 10.6 Å². The molecule has 2 heterocycles. The fourth-order valence-corrected chi connectivity index (χ4v) is 3.73. The van der Waals surface area contributed by atoms with Crippen molar-refractivity contribution in [2.75, 3.05) is 25.7 Å². The first-order valence-corrected chi connectivity index (χ1v) is 9.32. The molecule has 0 fully saturated rings. The molecule has 3 aromatic rings. The minimum atomic E-state index is -0.330. The van der Waals surface area contributed by atoms with Crippen molar-refractivity contribution in [1.82, 2.24) is 9.78 Å². The summed E-state index contributed by atoms with van der Waals surface area (Å²) in [5.74, 6) is 1.41. The zero-order valence-electron chi connectivity index (χ0n) is 15.7. The van der Waals surface area contributed by atoms with Crippen LogP contribution in [0, 0.1) is 0 Å². The van der Waals surface area contributed by atoms with Crippen LogP contribution in [0.3, 0.4) is 0 Å². The number of ether oxygens (including phenoxy) is 2. The number of anilines is 1. The Labute approximate surface area is 167 Å². The topological polar surface area (TPSA) is 56.6 Å². The summed E-state index contributed by atoms with van der Waals surface area (Å²) in [6.45, 7) is 1.35. The standard InChI is InChI=1S/C21H20ClN3O3/c1-27-18-10-14-8-9-24(13-15(14)11-19(18)28-2)17-12-23-25(21(26)20(17)22)16-6-4-3-5-7-16/h3-7,10-12H,8-9,13H2,1-2H3. The van der Waals surface area contributed by atoms with E-state index in [4.69, 9.17) is 21.1 Å². The molecular formula is C21H20ClN3O3. The first-order chi connectivity index (χ1) is 13.6. The van der Waals surface area contributed by atoms with Crippen LogP contribution >= 0.6 is 11.6 Å². The molecule has 0 radical (unpaired) electrons. The van der Waals surface area contributed by atoms with Gasteiger partial charge in [-0.3, -0.25) is 4.79 Å². The molecule has 2 aromatic carbocycles. The highest BCUT2D eigenvalue weighted by atomic mass is 35.5. The lowest BCUT2D eigenvalue weighted by Crippen LogP contribution is -2.33. The van der Waals surface area contributed by atoms with Crippen molar-refractivity contribution in [3.8, 4) is 17.2 Å². The summed E-state index contributed by atoms with van der Waals surface area (Å²) in [7, 11) is 3.25. The number of methoxy groups -OCH3 is 2. The molecule has 1 aromatic heterocycles. The monoisotopic (exact) mass is 397 g/mol. The number of hydrogen-bond acceptors (Lipinski definition) is 5. The Balaban J connectivity index is 1.68. The second kappa shape index (κ2) is 7.56. The van der Waals surface area contributed by atoms with E-state index in [0.717, 1.165) is 24.3 Å². The predicted octanol–water partition coefficient (Wildman–Crippen LogP) is 3.47. The molecule has 0 saturated heterocycles. The number of benzene rings is 2. The van der Waals surface area contributed by atoms with Gasteiger partial charge in [-0.2, -0.15) is 9.78 Å². The Hall–Kier alpha value is -2.99. The SMILES string of the molecule is COc1cc2c(cc1OC)CN(c1cnn(-c3ccccc3)c(=O)c1Cl)CC2. The van der Waals surface area contributed by atoms with Crippen molar-refractivity contribution in [2.24, 2.45) is 0 Å². The fourth-order valence-electron chi connectivity index (χ4n) is 3.49. The lowest BCUT2D eigenvalue weighted by molar-refractivity contribution is 0.353. The van der Waals surface area contributed by atoms with Crippen LogP contribution in [0.4, 0.5) is 5.69 Å². The van der Waals surface area contributed by atoms with E-state index >= 15 is 0 Å². The average Bonchev–Trinajstić information content (AvgIpc) is 2.74. The number of hydrogen-bond donors (Lipinski definition) is 0. The fraction of sp³-hybridized carbons (Fsp3) is 0.238. The van der Waals surface area contributed by atoms with Gasteiger partial charge in [-0.25, -0.2) is 0 Å². The van der Waals surface area contributed by atoms with E-state index < -0.39 is 0 Å². The quantitative estimate of drug-likeness (QED) is 0.674. The van der Waals surface area contributed by atoms with E-state index in [2.05, 4.69) is 10.00 Å². The zero-order chi connectivity index (χ0) is 19.7. The first-order valence-electron chi connectivity index (χ1n) is 8.94. The van der Waals surface area contributed by atoms with Crippen molar-refractivity contribution < 1.29 is 9.47 Å². The lowest BCUT2D eigenvalue weighted by Gasteiger charge is -2.31. The minimum absolute atomic E-state index is 0.169. The molecule has 0 spiro atoms. The number of nitrogens with zero attached hydrogens (tertiary/aromatic N) is 3. The molecule has 1 aliphatic heterocycles. The maximum absolute atomic E-state index is 12.8. The van der Waals surface area contributed by atoms with Gasteiger partial charge in [-0.1, -0.05) is 29.8 Å². The molecule has 0 atom stereocenters. The highest BCUT2D eigenvalue weighted by Crippen LogP contribution is 2.35. The normalized spacial score (nSPS) is 13.2. The molecule has 0 amide bonds. The summed E-state index contributed by atoms with van der Waals surface area (Å²) in [6, 6.07) is 13.2. The molecule has 6 nitrogen and oxygen atoms in total. The third-order valence-corrected chi connectivity index (χ3v) is 5.32. The van der Waals surface area contributed by atoms with Crippen LogP contribution in [0.1, 0.15) is 11.1 Å². The molecule has 0 unspecified atom stereocenters. The highest BCUT2D eigenvalue weighted by molar-refractivity contribution is 6.33. The van der Waals surface area contributed by atoms with Gasteiger partial charge in [0, 0.05) is 13.1 Å². The molecule has 4 rings (SSSR count). The van der Waals surface area contributed by atoms with Crippen LogP contribution in [0.5, 0.6) is 11.5 Å². The van der Waals surface area contributed by atoms with Crippen molar-refractivity contribution in [1.29, 1.82) is 0 Å². The van der Waals surface area contributed by atoms with Crippen molar-refractivity contribution in [3.05, 3.63) is 75.2 Å². The molecule has 144 valence electrons. The summed E-state index contributed by atoms with van der Waals surface area (Å²) in [5.41, 5.74) is 3.31. The molecule has 0 aliphatic carbocycles. The van der Waals surface area contributed by atoms with Crippen molar-refractivity contribution in [2.45, 2.75) is 13.0 Å². The Morgan fingerprint density at radius 3 is 2.39 bits per heavy atom. The van der Waals surface area contributed by atoms with Crippen LogP contribution in [-0.2, 0) is 13.0 Å². The maximum atomic E-state index is 12.8. The number of aromatic nitrogens is 2. The predicted molar refractivity (Wildman–Crippen MR) is 109 cm³/mol. The Kier molecular flexibility index (Phi) is 4.96. The zero-order valence-corrected chi connectivity index (χ0v) is 16.4. The Bertz CT molecular complexity index is 1070. The Morgan fingerprint density at radius 1 is 1.04 bits per heavy atom. The lowest BCUT2D eigenvalue weighted by atomic mass is 9.98. The molecule has 0 N–H and O–H groups in total. The van der Waals surface area contributed by atoms with E-state index in [1.165, 1.54) is 10.2 Å². The average molecular weight is 398 g/mol. The van der Waals surface area contributed by atoms with Gasteiger partial charge in [0.15, 0.2) is 11.5 Å². The van der Waals surface area contributed by atoms with Gasteiger partial charge in [0.05, 0.1) is 31.8 Å². The highest BCUT2D eigenvalue weighted by Gasteiger charge is 2.23. The number of rotatable bonds is 4. The summed E-state index contributed by atoms with van der Waals surface area (Å²) in [5, 5.41) is 4.50. The Morgan fingerprint density at radius 2 is 1.71 bits per heavy atom. The van der Waals surface area contributed by atoms with Gasteiger partial charge in [-0.15, -0.1) is 0 Å². The molecule has 0 bridgehead atoms. The summed E-state index contributed by atoms with van der Waals surface area (Å²) in [6.07, 6.45) is 2.47. The first kappa shape index (κ1) is 18.4. The van der Waals surface area contributed by atoms with E-state index in [1.54, 1.807) is 20.4 Å². The van der Waals surface area contributed by atoms with Crippen LogP contribution in [0.2, 0.25) is 5.02 Å².